The summed E-state index contributed by atoms with van der Waals surface area (Å²) in [5, 5.41) is 32.4. The zero-order chi connectivity index (χ0) is 25.1. The van der Waals surface area contributed by atoms with Gasteiger partial charge in [0.1, 0.15) is 5.82 Å². The van der Waals surface area contributed by atoms with Crippen LogP contribution in [0.4, 0.5) is 5.95 Å². The summed E-state index contributed by atoms with van der Waals surface area (Å²) in [6.07, 6.45) is 2.35. The van der Waals surface area contributed by atoms with Gasteiger partial charge in [0.2, 0.25) is 11.8 Å². The van der Waals surface area contributed by atoms with Gasteiger partial charge in [0.15, 0.2) is 5.65 Å². The van der Waals surface area contributed by atoms with Gasteiger partial charge in [0.05, 0.1) is 12.5 Å². The second-order valence-corrected chi connectivity index (χ2v) is 8.39. The number of carboxylic acids is 1. The molecule has 3 aromatic heterocycles. The van der Waals surface area contributed by atoms with Crippen molar-refractivity contribution >= 4 is 17.6 Å². The lowest BCUT2D eigenvalue weighted by Crippen LogP contribution is -2.30. The lowest BCUT2D eigenvalue weighted by molar-refractivity contribution is -0.302. The lowest BCUT2D eigenvalue weighted by atomic mass is 9.96. The van der Waals surface area contributed by atoms with E-state index in [1.807, 2.05) is 31.2 Å². The molecule has 0 saturated heterocycles. The van der Waals surface area contributed by atoms with E-state index in [0.29, 0.717) is 23.7 Å². The summed E-state index contributed by atoms with van der Waals surface area (Å²) < 4.78 is 1.65. The van der Waals surface area contributed by atoms with Gasteiger partial charge >= 0.3 is 0 Å². The Balaban J connectivity index is 1.49. The van der Waals surface area contributed by atoms with E-state index in [-0.39, 0.29) is 12.5 Å². The third kappa shape index (κ3) is 4.63. The maximum Gasteiger partial charge on any atom is 0.243 e. The SMILES string of the molecule is CCCc1nc(C)n2nc(NCC(=O)[O-])nc2c1Cc1ccc(-c2ccccc2-c2nn[nH]n2)cc1. The smallest absolute Gasteiger partial charge is 0.243 e. The van der Waals surface area contributed by atoms with Gasteiger partial charge in [-0.1, -0.05) is 61.9 Å². The van der Waals surface area contributed by atoms with Crippen molar-refractivity contribution in [2.24, 2.45) is 0 Å². The van der Waals surface area contributed by atoms with Gasteiger partial charge in [0, 0.05) is 23.2 Å². The number of aryl methyl sites for hydroxylation is 2. The van der Waals surface area contributed by atoms with E-state index < -0.39 is 5.97 Å². The Labute approximate surface area is 206 Å². The molecule has 0 spiro atoms. The van der Waals surface area contributed by atoms with Crippen LogP contribution in [0.15, 0.2) is 48.5 Å². The molecule has 0 fully saturated rings. The predicted octanol–water partition coefficient (Wildman–Crippen LogP) is 1.98. The number of carbonyl (C=O) groups is 1. The largest absolute Gasteiger partial charge is 0.548 e. The number of benzene rings is 2. The average molecular weight is 483 g/mol. The van der Waals surface area contributed by atoms with Crippen LogP contribution in [0.2, 0.25) is 0 Å². The number of rotatable bonds is 9. The molecule has 0 atom stereocenters. The van der Waals surface area contributed by atoms with Crippen molar-refractivity contribution in [3.63, 3.8) is 0 Å². The number of H-pyrrole nitrogens is 1. The minimum Gasteiger partial charge on any atom is -0.548 e. The summed E-state index contributed by atoms with van der Waals surface area (Å²) in [6.45, 7) is 3.61. The minimum atomic E-state index is -1.23. The summed E-state index contributed by atoms with van der Waals surface area (Å²) in [6, 6.07) is 16.2. The highest BCUT2D eigenvalue weighted by Crippen LogP contribution is 2.30. The molecule has 182 valence electrons. The number of fused-ring (bicyclic) bond motifs is 1. The van der Waals surface area contributed by atoms with Crippen LogP contribution >= 0.6 is 0 Å². The molecule has 5 rings (SSSR count). The van der Waals surface area contributed by atoms with Crippen molar-refractivity contribution in [2.45, 2.75) is 33.1 Å². The maximum absolute atomic E-state index is 10.9. The van der Waals surface area contributed by atoms with Crippen LogP contribution in [0, 0.1) is 6.92 Å². The molecular formula is C25H24N9O2-. The van der Waals surface area contributed by atoms with Crippen LogP contribution in [-0.4, -0.2) is 52.7 Å². The fraction of sp³-hybridized carbons (Fsp3) is 0.240. The average Bonchev–Trinajstić information content (AvgIpc) is 3.57. The Bertz CT molecular complexity index is 1510. The van der Waals surface area contributed by atoms with E-state index in [0.717, 1.165) is 46.4 Å². The fourth-order valence-corrected chi connectivity index (χ4v) is 4.24. The Morgan fingerprint density at radius 2 is 1.86 bits per heavy atom. The van der Waals surface area contributed by atoms with Crippen molar-refractivity contribution in [1.29, 1.82) is 0 Å². The van der Waals surface area contributed by atoms with Crippen molar-refractivity contribution < 1.29 is 9.90 Å². The van der Waals surface area contributed by atoms with Crippen molar-refractivity contribution in [1.82, 2.24) is 40.2 Å². The second-order valence-electron chi connectivity index (χ2n) is 8.39. The summed E-state index contributed by atoms with van der Waals surface area (Å²) in [4.78, 5) is 20.2. The zero-order valence-corrected chi connectivity index (χ0v) is 19.9. The maximum atomic E-state index is 10.9. The number of anilines is 1. The first-order valence-corrected chi connectivity index (χ1v) is 11.6. The van der Waals surface area contributed by atoms with E-state index in [2.05, 4.69) is 67.2 Å². The second kappa shape index (κ2) is 9.90. The summed E-state index contributed by atoms with van der Waals surface area (Å²) >= 11 is 0. The molecule has 0 aliphatic rings. The van der Waals surface area contributed by atoms with Gasteiger partial charge < -0.3 is 15.2 Å². The topological polar surface area (TPSA) is 150 Å². The highest BCUT2D eigenvalue weighted by molar-refractivity contribution is 5.80. The van der Waals surface area contributed by atoms with Gasteiger partial charge in [0.25, 0.3) is 0 Å². The monoisotopic (exact) mass is 482 g/mol. The number of aromatic nitrogens is 8. The van der Waals surface area contributed by atoms with Gasteiger partial charge in [-0.3, -0.25) is 0 Å². The third-order valence-electron chi connectivity index (χ3n) is 5.87. The molecule has 3 heterocycles. The Morgan fingerprint density at radius 1 is 1.08 bits per heavy atom. The van der Waals surface area contributed by atoms with E-state index in [1.165, 1.54) is 0 Å². The summed E-state index contributed by atoms with van der Waals surface area (Å²) in [7, 11) is 0. The van der Waals surface area contributed by atoms with Gasteiger partial charge in [-0.25, -0.2) is 4.98 Å². The molecule has 0 aliphatic carbocycles. The number of carboxylic acid groups (broad SMARTS) is 1. The normalized spacial score (nSPS) is 11.2. The molecular weight excluding hydrogens is 458 g/mol. The number of nitrogens with one attached hydrogen (secondary N) is 2. The molecule has 0 saturated carbocycles. The first-order chi connectivity index (χ1) is 17.5. The molecule has 11 heteroatoms. The number of hydrogen-bond acceptors (Lipinski definition) is 9. The zero-order valence-electron chi connectivity index (χ0n) is 19.9. The van der Waals surface area contributed by atoms with Crippen molar-refractivity contribution in [2.75, 3.05) is 11.9 Å². The van der Waals surface area contributed by atoms with Crippen molar-refractivity contribution in [3.05, 3.63) is 71.2 Å². The molecule has 0 aliphatic heterocycles. The molecule has 11 nitrogen and oxygen atoms in total. The molecule has 0 radical (unpaired) electrons. The predicted molar refractivity (Wildman–Crippen MR) is 131 cm³/mol. The van der Waals surface area contributed by atoms with E-state index in [4.69, 9.17) is 4.98 Å². The first-order valence-electron chi connectivity index (χ1n) is 11.6. The van der Waals surface area contributed by atoms with Crippen LogP contribution in [0.1, 0.15) is 36.0 Å². The molecule has 0 amide bonds. The molecule has 2 aromatic carbocycles. The Kier molecular flexibility index (Phi) is 6.35. The molecule has 36 heavy (non-hydrogen) atoms. The minimum absolute atomic E-state index is 0.229. The summed E-state index contributed by atoms with van der Waals surface area (Å²) in [5.41, 5.74) is 6.64. The molecule has 2 N–H and O–H groups in total. The lowest BCUT2D eigenvalue weighted by Gasteiger charge is -2.12. The molecule has 0 bridgehead atoms. The standard InChI is InChI=1S/C25H25N9O2/c1-3-6-21-20(24-28-25(26-14-22(35)36)31-34(24)15(2)27-21)13-16-9-11-17(12-10-16)18-7-4-5-8-19(18)23-29-32-33-30-23/h4-5,7-12H,3,6,13-14H2,1-2H3,(H,26,31)(H,35,36)(H,29,30,32,33)/p-1. The Morgan fingerprint density at radius 3 is 2.56 bits per heavy atom. The molecule has 0 unspecified atom stereocenters. The number of hydrogen-bond donors (Lipinski definition) is 2. The van der Waals surface area contributed by atoms with E-state index >= 15 is 0 Å². The van der Waals surface area contributed by atoms with Crippen LogP contribution in [0.25, 0.3) is 28.2 Å². The van der Waals surface area contributed by atoms with Gasteiger partial charge in [-0.15, -0.1) is 15.3 Å². The first kappa shape index (κ1) is 23.1. The van der Waals surface area contributed by atoms with Crippen LogP contribution < -0.4 is 10.4 Å². The highest BCUT2D eigenvalue weighted by atomic mass is 16.4. The van der Waals surface area contributed by atoms with Crippen LogP contribution in [-0.2, 0) is 17.6 Å². The van der Waals surface area contributed by atoms with Crippen LogP contribution in [0.5, 0.6) is 0 Å². The fourth-order valence-electron chi connectivity index (χ4n) is 4.24. The quantitative estimate of drug-likeness (QED) is 0.321. The van der Waals surface area contributed by atoms with Crippen LogP contribution in [0.3, 0.4) is 0 Å². The van der Waals surface area contributed by atoms with Crippen molar-refractivity contribution in [3.8, 4) is 22.5 Å². The highest BCUT2D eigenvalue weighted by Gasteiger charge is 2.17. The number of tetrazole rings is 1. The number of aromatic amines is 1. The third-order valence-corrected chi connectivity index (χ3v) is 5.87. The van der Waals surface area contributed by atoms with E-state index in [9.17, 15) is 9.90 Å². The Hall–Kier alpha value is -4.67. The summed E-state index contributed by atoms with van der Waals surface area (Å²) in [5.74, 6) is 0.241. The van der Waals surface area contributed by atoms with E-state index in [1.54, 1.807) is 4.52 Å². The number of carbonyl (C=O) groups excluding carboxylic acids is 1. The molecule has 5 aromatic rings. The number of nitrogens with zero attached hydrogens (tertiary/aromatic N) is 7. The van der Waals surface area contributed by atoms with Gasteiger partial charge in [-0.2, -0.15) is 14.7 Å². The van der Waals surface area contributed by atoms with Gasteiger partial charge in [-0.05, 0) is 35.2 Å². The number of aliphatic carboxylic acids is 1.